The molecule has 0 bridgehead atoms. The lowest BCUT2D eigenvalue weighted by molar-refractivity contribution is 0.406. The van der Waals surface area contributed by atoms with Crippen LogP contribution in [0.25, 0.3) is 0 Å². The number of hydrogen-bond acceptors (Lipinski definition) is 2. The Balaban J connectivity index is 2.66. The Kier molecular flexibility index (Phi) is 6.83. The third-order valence-electron chi connectivity index (χ3n) is 3.35. The lowest BCUT2D eigenvalue weighted by atomic mass is 9.98. The molecule has 1 nitrogen and oxygen atoms in total. The minimum Gasteiger partial charge on any atom is -0.309 e. The molecule has 98 valence electrons. The van der Waals surface area contributed by atoms with Gasteiger partial charge < -0.3 is 5.32 Å². The number of thiophene rings is 1. The lowest BCUT2D eigenvalue weighted by Gasteiger charge is -2.20. The molecule has 0 fully saturated rings. The van der Waals surface area contributed by atoms with E-state index in [2.05, 4.69) is 45.1 Å². The van der Waals surface area contributed by atoms with E-state index in [0.717, 1.165) is 18.9 Å². The van der Waals surface area contributed by atoms with Crippen LogP contribution in [-0.2, 0) is 6.42 Å². The third-order valence-corrected chi connectivity index (χ3v) is 4.69. The maximum Gasteiger partial charge on any atom is 0.0417 e. The van der Waals surface area contributed by atoms with Crippen LogP contribution in [-0.4, -0.2) is 6.54 Å². The van der Waals surface area contributed by atoms with Crippen molar-refractivity contribution in [2.45, 2.75) is 59.4 Å². The average molecular weight is 253 g/mol. The van der Waals surface area contributed by atoms with Gasteiger partial charge in [0, 0.05) is 15.8 Å². The van der Waals surface area contributed by atoms with Crippen LogP contribution in [0.3, 0.4) is 0 Å². The molecule has 0 amide bonds. The van der Waals surface area contributed by atoms with Crippen LogP contribution in [0.1, 0.15) is 62.8 Å². The molecule has 0 saturated heterocycles. The van der Waals surface area contributed by atoms with Crippen LogP contribution >= 0.6 is 11.3 Å². The summed E-state index contributed by atoms with van der Waals surface area (Å²) in [6.45, 7) is 10.2. The summed E-state index contributed by atoms with van der Waals surface area (Å²) in [4.78, 5) is 3.03. The van der Waals surface area contributed by atoms with Crippen LogP contribution in [0.2, 0.25) is 0 Å². The molecule has 2 atom stereocenters. The van der Waals surface area contributed by atoms with Crippen molar-refractivity contribution in [3.63, 3.8) is 0 Å². The van der Waals surface area contributed by atoms with Crippen molar-refractivity contribution in [3.05, 3.63) is 21.9 Å². The Bertz CT molecular complexity index is 306. The van der Waals surface area contributed by atoms with Crippen molar-refractivity contribution < 1.29 is 0 Å². The summed E-state index contributed by atoms with van der Waals surface area (Å²) in [5.41, 5.74) is 0. The van der Waals surface area contributed by atoms with E-state index in [1.54, 1.807) is 0 Å². The van der Waals surface area contributed by atoms with Gasteiger partial charge in [-0.15, -0.1) is 11.3 Å². The number of nitrogens with one attached hydrogen (secondary N) is 1. The van der Waals surface area contributed by atoms with Crippen molar-refractivity contribution in [2.75, 3.05) is 6.54 Å². The molecule has 2 unspecified atom stereocenters. The second kappa shape index (κ2) is 7.88. The van der Waals surface area contributed by atoms with Gasteiger partial charge in [-0.05, 0) is 43.9 Å². The highest BCUT2D eigenvalue weighted by Crippen LogP contribution is 2.29. The summed E-state index contributed by atoms with van der Waals surface area (Å²) in [6.07, 6.45) is 4.91. The smallest absolute Gasteiger partial charge is 0.0417 e. The molecule has 2 heteroatoms. The van der Waals surface area contributed by atoms with Gasteiger partial charge >= 0.3 is 0 Å². The monoisotopic (exact) mass is 253 g/mol. The first kappa shape index (κ1) is 14.7. The maximum absolute atomic E-state index is 3.70. The van der Waals surface area contributed by atoms with Gasteiger partial charge in [0.1, 0.15) is 0 Å². The van der Waals surface area contributed by atoms with E-state index in [0.29, 0.717) is 6.04 Å². The first-order valence-electron chi connectivity index (χ1n) is 7.03. The number of rotatable bonds is 8. The Morgan fingerprint density at radius 3 is 2.53 bits per heavy atom. The molecule has 0 aliphatic carbocycles. The molecule has 1 rings (SSSR count). The summed E-state index contributed by atoms with van der Waals surface area (Å²) in [5.74, 6) is 0.802. The van der Waals surface area contributed by atoms with Crippen molar-refractivity contribution in [1.82, 2.24) is 5.32 Å². The fourth-order valence-electron chi connectivity index (χ4n) is 1.96. The molecule has 0 radical (unpaired) electrons. The second-order valence-corrected chi connectivity index (χ2v) is 6.11. The highest BCUT2D eigenvalue weighted by atomic mass is 32.1. The second-order valence-electron chi connectivity index (χ2n) is 4.91. The molecule has 0 aliphatic heterocycles. The molecular weight excluding hydrogens is 226 g/mol. The van der Waals surface area contributed by atoms with E-state index in [9.17, 15) is 0 Å². The van der Waals surface area contributed by atoms with E-state index in [-0.39, 0.29) is 0 Å². The quantitative estimate of drug-likeness (QED) is 0.702. The Morgan fingerprint density at radius 1 is 1.24 bits per heavy atom. The minimum absolute atomic E-state index is 0.565. The molecule has 1 N–H and O–H groups in total. The highest BCUT2D eigenvalue weighted by Gasteiger charge is 2.15. The molecule has 17 heavy (non-hydrogen) atoms. The zero-order valence-electron chi connectivity index (χ0n) is 11.8. The fourth-order valence-corrected chi connectivity index (χ4v) is 3.00. The van der Waals surface area contributed by atoms with Gasteiger partial charge in [-0.25, -0.2) is 0 Å². The van der Waals surface area contributed by atoms with Gasteiger partial charge in [-0.2, -0.15) is 0 Å². The molecule has 0 spiro atoms. The molecule has 0 aromatic carbocycles. The van der Waals surface area contributed by atoms with E-state index in [1.807, 2.05) is 11.3 Å². The van der Waals surface area contributed by atoms with Crippen molar-refractivity contribution in [3.8, 4) is 0 Å². The first-order chi connectivity index (χ1) is 8.21. The van der Waals surface area contributed by atoms with Gasteiger partial charge in [0.15, 0.2) is 0 Å². The van der Waals surface area contributed by atoms with Crippen molar-refractivity contribution in [2.24, 2.45) is 5.92 Å². The minimum atomic E-state index is 0.565. The molecular formula is C15H27NS. The van der Waals surface area contributed by atoms with Crippen LogP contribution in [0.5, 0.6) is 0 Å². The van der Waals surface area contributed by atoms with Gasteiger partial charge in [-0.1, -0.05) is 34.1 Å². The molecule has 0 aliphatic rings. The number of hydrogen-bond donors (Lipinski definition) is 1. The van der Waals surface area contributed by atoms with Crippen LogP contribution < -0.4 is 5.32 Å². The summed E-state index contributed by atoms with van der Waals surface area (Å²) < 4.78 is 0. The number of aryl methyl sites for hydroxylation is 1. The Morgan fingerprint density at radius 2 is 2.00 bits per heavy atom. The lowest BCUT2D eigenvalue weighted by Crippen LogP contribution is -2.23. The normalized spacial score (nSPS) is 14.8. The third kappa shape index (κ3) is 4.81. The summed E-state index contributed by atoms with van der Waals surface area (Å²) in [7, 11) is 0. The zero-order chi connectivity index (χ0) is 12.7. The van der Waals surface area contributed by atoms with Crippen molar-refractivity contribution >= 4 is 11.3 Å². The van der Waals surface area contributed by atoms with Crippen molar-refractivity contribution in [1.29, 1.82) is 0 Å². The highest BCUT2D eigenvalue weighted by molar-refractivity contribution is 7.12. The van der Waals surface area contributed by atoms with Gasteiger partial charge in [0.25, 0.3) is 0 Å². The Hall–Kier alpha value is -0.340. The van der Waals surface area contributed by atoms with Gasteiger partial charge in [0.05, 0.1) is 0 Å². The van der Waals surface area contributed by atoms with E-state index in [4.69, 9.17) is 0 Å². The van der Waals surface area contributed by atoms with Gasteiger partial charge in [0.2, 0.25) is 0 Å². The standard InChI is InChI=1S/C15H27NS/c1-5-10-16-14(11-12(4)6-2)15-9-8-13(7-3)17-15/h8-9,12,14,16H,5-7,10-11H2,1-4H3. The summed E-state index contributed by atoms with van der Waals surface area (Å²) in [6, 6.07) is 5.17. The van der Waals surface area contributed by atoms with Crippen LogP contribution in [0, 0.1) is 5.92 Å². The fraction of sp³-hybridized carbons (Fsp3) is 0.733. The Labute approximate surface area is 111 Å². The summed E-state index contributed by atoms with van der Waals surface area (Å²) >= 11 is 1.98. The zero-order valence-corrected chi connectivity index (χ0v) is 12.6. The van der Waals surface area contributed by atoms with Crippen LogP contribution in [0.15, 0.2) is 12.1 Å². The topological polar surface area (TPSA) is 12.0 Å². The molecule has 1 aromatic rings. The molecule has 1 heterocycles. The van der Waals surface area contributed by atoms with Crippen LogP contribution in [0.4, 0.5) is 0 Å². The largest absolute Gasteiger partial charge is 0.309 e. The summed E-state index contributed by atoms with van der Waals surface area (Å²) in [5, 5.41) is 3.70. The SMILES string of the molecule is CCCNC(CC(C)CC)c1ccc(CC)s1. The molecule has 1 aromatic heterocycles. The average Bonchev–Trinajstić information content (AvgIpc) is 2.82. The predicted molar refractivity (Wildman–Crippen MR) is 78.8 cm³/mol. The molecule has 0 saturated carbocycles. The first-order valence-corrected chi connectivity index (χ1v) is 7.84. The predicted octanol–water partition coefficient (Wildman–Crippen LogP) is 4.79. The van der Waals surface area contributed by atoms with E-state index >= 15 is 0 Å². The van der Waals surface area contributed by atoms with Gasteiger partial charge in [-0.3, -0.25) is 0 Å². The van der Waals surface area contributed by atoms with E-state index < -0.39 is 0 Å². The van der Waals surface area contributed by atoms with E-state index in [1.165, 1.54) is 29.0 Å². The maximum atomic E-state index is 3.70.